The van der Waals surface area contributed by atoms with Crippen molar-refractivity contribution < 1.29 is 4.79 Å². The van der Waals surface area contributed by atoms with Crippen molar-refractivity contribution in [3.63, 3.8) is 0 Å². The summed E-state index contributed by atoms with van der Waals surface area (Å²) in [6.07, 6.45) is 3.45. The van der Waals surface area contributed by atoms with E-state index in [1.165, 1.54) is 11.3 Å². The maximum atomic E-state index is 12.8. The molecule has 0 unspecified atom stereocenters. The zero-order valence-corrected chi connectivity index (χ0v) is 14.2. The van der Waals surface area contributed by atoms with Crippen LogP contribution < -0.4 is 15.8 Å². The van der Waals surface area contributed by atoms with Crippen molar-refractivity contribution in [1.82, 2.24) is 14.9 Å². The van der Waals surface area contributed by atoms with Crippen LogP contribution in [0.5, 0.6) is 0 Å². The van der Waals surface area contributed by atoms with Crippen molar-refractivity contribution in [2.75, 3.05) is 24.5 Å². The molecule has 1 N–H and O–H groups in total. The number of anilines is 1. The summed E-state index contributed by atoms with van der Waals surface area (Å²) in [6, 6.07) is 1.89. The largest absolute Gasteiger partial charge is 0.356 e. The first-order chi connectivity index (χ1) is 11.2. The van der Waals surface area contributed by atoms with Crippen LogP contribution >= 0.6 is 11.3 Å². The van der Waals surface area contributed by atoms with E-state index in [1.807, 2.05) is 18.4 Å². The number of rotatable bonds is 6. The van der Waals surface area contributed by atoms with Gasteiger partial charge < -0.3 is 10.2 Å². The molecule has 0 bridgehead atoms. The standard InChI is InChI=1S/C16H22N4O2S/c1-2-7-17-13(21)5-10-20-15(22)14-12(6-11-23-14)18-16(20)19-8-3-4-9-19/h6,11H,2-5,7-10H2,1H3,(H,17,21). The van der Waals surface area contributed by atoms with E-state index in [0.29, 0.717) is 30.2 Å². The number of aromatic nitrogens is 2. The Kier molecular flexibility index (Phi) is 4.95. The van der Waals surface area contributed by atoms with Crippen molar-refractivity contribution in [2.24, 2.45) is 0 Å². The predicted octanol–water partition coefficient (Wildman–Crippen LogP) is 1.97. The Balaban J connectivity index is 1.89. The lowest BCUT2D eigenvalue weighted by atomic mass is 10.3. The normalized spacial score (nSPS) is 14.6. The number of fused-ring (bicyclic) bond motifs is 1. The van der Waals surface area contributed by atoms with Crippen molar-refractivity contribution >= 4 is 33.4 Å². The molecule has 7 heteroatoms. The van der Waals surface area contributed by atoms with Crippen LogP contribution in [-0.2, 0) is 11.3 Å². The highest BCUT2D eigenvalue weighted by Crippen LogP contribution is 2.22. The smallest absolute Gasteiger partial charge is 0.272 e. The molecule has 3 rings (SSSR count). The van der Waals surface area contributed by atoms with Gasteiger partial charge in [-0.1, -0.05) is 6.92 Å². The van der Waals surface area contributed by atoms with Crippen LogP contribution in [-0.4, -0.2) is 35.1 Å². The molecule has 0 aromatic carbocycles. The molecule has 0 spiro atoms. The van der Waals surface area contributed by atoms with Crippen molar-refractivity contribution in [1.29, 1.82) is 0 Å². The number of thiophene rings is 1. The molecule has 6 nitrogen and oxygen atoms in total. The van der Waals surface area contributed by atoms with Crippen molar-refractivity contribution in [3.05, 3.63) is 21.8 Å². The summed E-state index contributed by atoms with van der Waals surface area (Å²) < 4.78 is 2.34. The molecular weight excluding hydrogens is 312 g/mol. The fraction of sp³-hybridized carbons (Fsp3) is 0.562. The molecular formula is C16H22N4O2S. The molecule has 2 aromatic rings. The molecule has 0 atom stereocenters. The number of nitrogens with zero attached hydrogens (tertiary/aromatic N) is 3. The van der Waals surface area contributed by atoms with E-state index in [4.69, 9.17) is 0 Å². The lowest BCUT2D eigenvalue weighted by molar-refractivity contribution is -0.121. The Bertz CT molecular complexity index is 746. The minimum Gasteiger partial charge on any atom is -0.356 e. The fourth-order valence-corrected chi connectivity index (χ4v) is 3.64. The minimum atomic E-state index is -0.0322. The van der Waals surface area contributed by atoms with Crippen LogP contribution in [0.15, 0.2) is 16.2 Å². The van der Waals surface area contributed by atoms with Gasteiger partial charge in [0, 0.05) is 32.6 Å². The van der Waals surface area contributed by atoms with E-state index in [2.05, 4.69) is 15.2 Å². The Morgan fingerprint density at radius 3 is 2.91 bits per heavy atom. The van der Waals surface area contributed by atoms with E-state index in [0.717, 1.165) is 37.9 Å². The average molecular weight is 334 g/mol. The third-order valence-electron chi connectivity index (χ3n) is 4.07. The summed E-state index contributed by atoms with van der Waals surface area (Å²) in [7, 11) is 0. The molecule has 1 saturated heterocycles. The third kappa shape index (κ3) is 3.39. The minimum absolute atomic E-state index is 0.0163. The molecule has 1 aliphatic rings. The van der Waals surface area contributed by atoms with E-state index in [9.17, 15) is 9.59 Å². The van der Waals surface area contributed by atoms with Gasteiger partial charge in [-0.2, -0.15) is 0 Å². The first-order valence-corrected chi connectivity index (χ1v) is 9.08. The molecule has 3 heterocycles. The molecule has 0 saturated carbocycles. The van der Waals surface area contributed by atoms with E-state index in [1.54, 1.807) is 4.57 Å². The van der Waals surface area contributed by atoms with E-state index >= 15 is 0 Å². The first-order valence-electron chi connectivity index (χ1n) is 8.20. The Morgan fingerprint density at radius 2 is 2.17 bits per heavy atom. The van der Waals surface area contributed by atoms with Gasteiger partial charge in [-0.15, -0.1) is 11.3 Å². The van der Waals surface area contributed by atoms with Crippen LogP contribution in [0, 0.1) is 0 Å². The van der Waals surface area contributed by atoms with Crippen LogP contribution in [0.4, 0.5) is 5.95 Å². The highest BCUT2D eigenvalue weighted by atomic mass is 32.1. The topological polar surface area (TPSA) is 67.2 Å². The van der Waals surface area contributed by atoms with Crippen LogP contribution in [0.25, 0.3) is 10.2 Å². The number of hydrogen-bond acceptors (Lipinski definition) is 5. The second-order valence-corrected chi connectivity index (χ2v) is 6.71. The zero-order chi connectivity index (χ0) is 16.2. The summed E-state index contributed by atoms with van der Waals surface area (Å²) in [4.78, 5) is 31.5. The van der Waals surface area contributed by atoms with Gasteiger partial charge in [0.1, 0.15) is 4.70 Å². The van der Waals surface area contributed by atoms with Gasteiger partial charge >= 0.3 is 0 Å². The monoisotopic (exact) mass is 334 g/mol. The molecule has 1 fully saturated rings. The zero-order valence-electron chi connectivity index (χ0n) is 13.4. The summed E-state index contributed by atoms with van der Waals surface area (Å²) in [6.45, 7) is 4.91. The maximum Gasteiger partial charge on any atom is 0.272 e. The summed E-state index contributed by atoms with van der Waals surface area (Å²) >= 11 is 1.41. The molecule has 1 aliphatic heterocycles. The average Bonchev–Trinajstić information content (AvgIpc) is 3.22. The molecule has 23 heavy (non-hydrogen) atoms. The van der Waals surface area contributed by atoms with Crippen LogP contribution in [0.1, 0.15) is 32.6 Å². The Morgan fingerprint density at radius 1 is 1.39 bits per heavy atom. The van der Waals surface area contributed by atoms with Gasteiger partial charge in [-0.3, -0.25) is 14.2 Å². The third-order valence-corrected chi connectivity index (χ3v) is 4.96. The summed E-state index contributed by atoms with van der Waals surface area (Å²) in [5, 5.41) is 4.75. The first kappa shape index (κ1) is 16.0. The van der Waals surface area contributed by atoms with Crippen molar-refractivity contribution in [3.8, 4) is 0 Å². The quantitative estimate of drug-likeness (QED) is 0.877. The lowest BCUT2D eigenvalue weighted by Gasteiger charge is -2.21. The van der Waals surface area contributed by atoms with Crippen LogP contribution in [0.2, 0.25) is 0 Å². The Hall–Kier alpha value is -1.89. The Labute approximate surface area is 139 Å². The van der Waals surface area contributed by atoms with Gasteiger partial charge in [0.2, 0.25) is 11.9 Å². The highest BCUT2D eigenvalue weighted by Gasteiger charge is 2.20. The number of nitrogens with one attached hydrogen (secondary N) is 1. The van der Waals surface area contributed by atoms with Gasteiger partial charge in [0.25, 0.3) is 5.56 Å². The van der Waals surface area contributed by atoms with Gasteiger partial charge in [0.15, 0.2) is 0 Å². The van der Waals surface area contributed by atoms with Crippen LogP contribution in [0.3, 0.4) is 0 Å². The van der Waals surface area contributed by atoms with Gasteiger partial charge in [-0.05, 0) is 30.7 Å². The fourth-order valence-electron chi connectivity index (χ4n) is 2.86. The molecule has 0 aliphatic carbocycles. The van der Waals surface area contributed by atoms with E-state index in [-0.39, 0.29) is 11.5 Å². The number of carbonyl (C=O) groups excluding carboxylic acids is 1. The molecule has 2 aromatic heterocycles. The summed E-state index contributed by atoms with van der Waals surface area (Å²) in [5.74, 6) is 0.694. The SMILES string of the molecule is CCCNC(=O)CCn1c(N2CCCC2)nc2ccsc2c1=O. The van der Waals surface area contributed by atoms with Gasteiger partial charge in [0.05, 0.1) is 5.52 Å². The molecule has 124 valence electrons. The molecule has 1 amide bonds. The number of hydrogen-bond donors (Lipinski definition) is 1. The van der Waals surface area contributed by atoms with E-state index < -0.39 is 0 Å². The number of amides is 1. The van der Waals surface area contributed by atoms with Crippen molar-refractivity contribution in [2.45, 2.75) is 39.2 Å². The second kappa shape index (κ2) is 7.12. The lowest BCUT2D eigenvalue weighted by Crippen LogP contribution is -2.33. The maximum absolute atomic E-state index is 12.8. The second-order valence-electron chi connectivity index (χ2n) is 5.80. The molecule has 0 radical (unpaired) electrons. The number of carbonyl (C=O) groups is 1. The van der Waals surface area contributed by atoms with Gasteiger partial charge in [-0.25, -0.2) is 4.98 Å². The summed E-state index contributed by atoms with van der Waals surface area (Å²) in [5.41, 5.74) is 0.726. The highest BCUT2D eigenvalue weighted by molar-refractivity contribution is 7.17. The predicted molar refractivity (Wildman–Crippen MR) is 93.2 cm³/mol.